The summed E-state index contributed by atoms with van der Waals surface area (Å²) in [4.78, 5) is 80.2. The van der Waals surface area contributed by atoms with E-state index in [1.54, 1.807) is 4.90 Å². The monoisotopic (exact) mass is 590 g/mol. The van der Waals surface area contributed by atoms with Crippen LogP contribution in [0.25, 0.3) is 0 Å². The molecule has 3 rings (SSSR count). The summed E-state index contributed by atoms with van der Waals surface area (Å²) in [7, 11) is 0. The van der Waals surface area contributed by atoms with Crippen LogP contribution in [-0.2, 0) is 24.0 Å². The van der Waals surface area contributed by atoms with Crippen LogP contribution in [0.4, 0.5) is 4.79 Å². The number of Topliss-reactive ketones (excluding diaryl/α,β-unsaturated/α-hetero) is 1. The average Bonchev–Trinajstić information content (AvgIpc) is 3.56. The Morgan fingerprint density at radius 3 is 2.10 bits per heavy atom. The van der Waals surface area contributed by atoms with E-state index in [4.69, 9.17) is 5.73 Å². The zero-order valence-corrected chi connectivity index (χ0v) is 26.1. The number of hydrogen-bond acceptors (Lipinski definition) is 6. The SMILES string of the molecule is CC(C)(C)[C@H](NC(=O)N[C@H](CN1CCCCC1=O)C(C)(C)C)C(=O)N1CCC[C@H]1C(=O)NC(CC1CC1)C(=O)C(N)=O. The topological polar surface area (TPSA) is 171 Å². The fourth-order valence-electron chi connectivity index (χ4n) is 5.62. The third kappa shape index (κ3) is 8.91. The maximum Gasteiger partial charge on any atom is 0.315 e. The van der Waals surface area contributed by atoms with Gasteiger partial charge in [0, 0.05) is 26.1 Å². The van der Waals surface area contributed by atoms with Crippen molar-refractivity contribution in [3.63, 3.8) is 0 Å². The van der Waals surface area contributed by atoms with Gasteiger partial charge in [-0.05, 0) is 48.9 Å². The standard InChI is InChI=1S/C30H50N6O6/c1-29(2,3)21(17-35-14-8-7-11-22(35)37)33-28(42)34-24(30(4,5)6)27(41)36-15-9-10-20(36)26(40)32-19(16-18-12-13-18)23(38)25(31)39/h18-21,24H,7-17H2,1-6H3,(H2,31,39)(H,32,40)(H2,33,34,42)/t19?,20-,21+,24+/m0/s1. The van der Waals surface area contributed by atoms with Gasteiger partial charge in [0.05, 0.1) is 12.1 Å². The largest absolute Gasteiger partial charge is 0.363 e. The van der Waals surface area contributed by atoms with Gasteiger partial charge >= 0.3 is 6.03 Å². The highest BCUT2D eigenvalue weighted by Crippen LogP contribution is 2.34. The lowest BCUT2D eigenvalue weighted by molar-refractivity contribution is -0.143. The number of amides is 6. The fraction of sp³-hybridized carbons (Fsp3) is 0.800. The van der Waals surface area contributed by atoms with E-state index in [1.165, 1.54) is 4.90 Å². The summed E-state index contributed by atoms with van der Waals surface area (Å²) in [5.74, 6) is -2.49. The van der Waals surface area contributed by atoms with Crippen molar-refractivity contribution in [3.8, 4) is 0 Å². The molecular weight excluding hydrogens is 540 g/mol. The molecule has 12 nitrogen and oxygen atoms in total. The Morgan fingerprint density at radius 2 is 1.55 bits per heavy atom. The molecule has 0 bridgehead atoms. The van der Waals surface area contributed by atoms with Crippen LogP contribution in [0.15, 0.2) is 0 Å². The summed E-state index contributed by atoms with van der Waals surface area (Å²) in [6.45, 7) is 12.9. The molecule has 0 aromatic carbocycles. The second-order valence-corrected chi connectivity index (χ2v) is 14.3. The van der Waals surface area contributed by atoms with Gasteiger partial charge in [0.2, 0.25) is 23.5 Å². The van der Waals surface area contributed by atoms with E-state index in [9.17, 15) is 28.8 Å². The van der Waals surface area contributed by atoms with Gasteiger partial charge in [0.25, 0.3) is 5.91 Å². The highest BCUT2D eigenvalue weighted by Gasteiger charge is 2.43. The molecule has 1 saturated carbocycles. The number of hydrogen-bond donors (Lipinski definition) is 4. The van der Waals surface area contributed by atoms with E-state index in [-0.39, 0.29) is 23.3 Å². The van der Waals surface area contributed by atoms with Crippen LogP contribution in [0.3, 0.4) is 0 Å². The molecule has 6 amide bonds. The van der Waals surface area contributed by atoms with Crippen LogP contribution in [-0.4, -0.2) is 89.0 Å². The highest BCUT2D eigenvalue weighted by molar-refractivity contribution is 6.37. The molecule has 3 fully saturated rings. The first kappa shape index (κ1) is 33.3. The molecule has 1 aliphatic carbocycles. The minimum Gasteiger partial charge on any atom is -0.363 e. The van der Waals surface area contributed by atoms with E-state index in [2.05, 4.69) is 16.0 Å². The van der Waals surface area contributed by atoms with Crippen molar-refractivity contribution < 1.29 is 28.8 Å². The third-order valence-electron chi connectivity index (χ3n) is 8.54. The molecule has 0 radical (unpaired) electrons. The van der Waals surface area contributed by atoms with Gasteiger partial charge in [-0.15, -0.1) is 0 Å². The Hall–Kier alpha value is -3.18. The van der Waals surface area contributed by atoms with Gasteiger partial charge in [0.15, 0.2) is 0 Å². The molecule has 4 atom stereocenters. The van der Waals surface area contributed by atoms with Gasteiger partial charge in [-0.25, -0.2) is 4.79 Å². The molecule has 12 heteroatoms. The zero-order chi connectivity index (χ0) is 31.4. The number of rotatable bonds is 11. The molecular formula is C30H50N6O6. The van der Waals surface area contributed by atoms with Crippen molar-refractivity contribution in [2.45, 2.75) is 117 Å². The second-order valence-electron chi connectivity index (χ2n) is 14.3. The molecule has 236 valence electrons. The summed E-state index contributed by atoms with van der Waals surface area (Å²) in [6, 6.07) is -3.67. The normalized spacial score (nSPS) is 21.8. The summed E-state index contributed by atoms with van der Waals surface area (Å²) in [5, 5.41) is 8.55. The molecule has 1 unspecified atom stereocenters. The molecule has 42 heavy (non-hydrogen) atoms. The molecule has 0 aromatic heterocycles. The van der Waals surface area contributed by atoms with Crippen molar-refractivity contribution in [2.75, 3.05) is 19.6 Å². The number of nitrogens with one attached hydrogen (secondary N) is 3. The van der Waals surface area contributed by atoms with Gasteiger partial charge < -0.3 is 31.5 Å². The quantitative estimate of drug-likeness (QED) is 0.265. The molecule has 2 aliphatic heterocycles. The predicted molar refractivity (Wildman–Crippen MR) is 157 cm³/mol. The molecule has 3 aliphatic rings. The van der Waals surface area contributed by atoms with Crippen LogP contribution >= 0.6 is 0 Å². The number of nitrogens with zero attached hydrogens (tertiary/aromatic N) is 2. The number of ketones is 1. The van der Waals surface area contributed by atoms with Gasteiger partial charge in [-0.3, -0.25) is 24.0 Å². The number of piperidine rings is 1. The van der Waals surface area contributed by atoms with E-state index in [0.29, 0.717) is 45.3 Å². The maximum atomic E-state index is 13.9. The lowest BCUT2D eigenvalue weighted by Crippen LogP contribution is -2.62. The zero-order valence-electron chi connectivity index (χ0n) is 26.1. The van der Waals surface area contributed by atoms with Crippen LogP contribution < -0.4 is 21.7 Å². The lowest BCUT2D eigenvalue weighted by Gasteiger charge is -2.39. The van der Waals surface area contributed by atoms with E-state index >= 15 is 0 Å². The average molecular weight is 591 g/mol. The van der Waals surface area contributed by atoms with Crippen molar-refractivity contribution in [2.24, 2.45) is 22.5 Å². The van der Waals surface area contributed by atoms with E-state index < -0.39 is 53.1 Å². The third-order valence-corrected chi connectivity index (χ3v) is 8.54. The first-order chi connectivity index (χ1) is 19.5. The molecule has 2 heterocycles. The highest BCUT2D eigenvalue weighted by atomic mass is 16.2. The Labute approximate surface area is 249 Å². The fourth-order valence-corrected chi connectivity index (χ4v) is 5.62. The minimum absolute atomic E-state index is 0.0794. The number of primary amides is 1. The number of urea groups is 1. The van der Waals surface area contributed by atoms with Crippen molar-refractivity contribution in [1.82, 2.24) is 25.8 Å². The van der Waals surface area contributed by atoms with Crippen molar-refractivity contribution in [1.29, 1.82) is 0 Å². The summed E-state index contributed by atoms with van der Waals surface area (Å²) >= 11 is 0. The number of carbonyl (C=O) groups excluding carboxylic acids is 6. The van der Waals surface area contributed by atoms with Crippen LogP contribution in [0, 0.1) is 16.7 Å². The predicted octanol–water partition coefficient (Wildman–Crippen LogP) is 1.46. The van der Waals surface area contributed by atoms with E-state index in [1.807, 2.05) is 41.5 Å². The smallest absolute Gasteiger partial charge is 0.315 e. The lowest BCUT2D eigenvalue weighted by atomic mass is 9.85. The van der Waals surface area contributed by atoms with E-state index in [0.717, 1.165) is 25.7 Å². The summed E-state index contributed by atoms with van der Waals surface area (Å²) < 4.78 is 0. The molecule has 2 saturated heterocycles. The number of carbonyl (C=O) groups is 6. The first-order valence-electron chi connectivity index (χ1n) is 15.3. The molecule has 5 N–H and O–H groups in total. The van der Waals surface area contributed by atoms with Crippen LogP contribution in [0.2, 0.25) is 0 Å². The Kier molecular flexibility index (Phi) is 10.6. The van der Waals surface area contributed by atoms with Gasteiger partial charge in [-0.1, -0.05) is 54.4 Å². The van der Waals surface area contributed by atoms with Gasteiger partial charge in [0.1, 0.15) is 12.1 Å². The van der Waals surface area contributed by atoms with Crippen molar-refractivity contribution >= 4 is 35.4 Å². The Balaban J connectivity index is 1.71. The van der Waals surface area contributed by atoms with Gasteiger partial charge in [-0.2, -0.15) is 0 Å². The Bertz CT molecular complexity index is 1060. The van der Waals surface area contributed by atoms with Crippen LogP contribution in [0.1, 0.15) is 92.9 Å². The molecule has 0 spiro atoms. The molecule has 0 aromatic rings. The Morgan fingerprint density at radius 1 is 0.881 bits per heavy atom. The number of likely N-dealkylation sites (tertiary alicyclic amines) is 2. The number of nitrogens with two attached hydrogens (primary N) is 1. The summed E-state index contributed by atoms with van der Waals surface area (Å²) in [6.07, 6.45) is 5.49. The second kappa shape index (κ2) is 13.4. The maximum absolute atomic E-state index is 13.9. The summed E-state index contributed by atoms with van der Waals surface area (Å²) in [5.41, 5.74) is 4.18. The first-order valence-corrected chi connectivity index (χ1v) is 15.3. The van der Waals surface area contributed by atoms with Crippen molar-refractivity contribution in [3.05, 3.63) is 0 Å². The van der Waals surface area contributed by atoms with Crippen LogP contribution in [0.5, 0.6) is 0 Å². The minimum atomic E-state index is -1.10.